The third-order valence-electron chi connectivity index (χ3n) is 11.0. The van der Waals surface area contributed by atoms with Crippen LogP contribution < -0.4 is 10.2 Å². The predicted molar refractivity (Wildman–Crippen MR) is 185 cm³/mol. The van der Waals surface area contributed by atoms with Crippen LogP contribution in [0.2, 0.25) is 8.87 Å². The molecule has 4 fully saturated rings. The molecule has 0 spiro atoms. The molecular weight excluding hydrogens is 679 g/mol. The Morgan fingerprint density at radius 1 is 0.535 bits per heavy atom. The minimum atomic E-state index is -0.917. The molecule has 4 rings (SSSR count). The van der Waals surface area contributed by atoms with E-state index in [-0.39, 0.29) is 44.8 Å². The maximum atomic E-state index is 11.6. The van der Waals surface area contributed by atoms with Crippen molar-refractivity contribution in [3.8, 4) is 0 Å². The van der Waals surface area contributed by atoms with Gasteiger partial charge in [-0.25, -0.2) is 0 Å². The van der Waals surface area contributed by atoms with Crippen LogP contribution in [0.3, 0.4) is 0 Å². The van der Waals surface area contributed by atoms with Gasteiger partial charge in [-0.15, -0.1) is 0 Å². The molecule has 0 aromatic rings. The first-order valence-electron chi connectivity index (χ1n) is 18.3. The van der Waals surface area contributed by atoms with Gasteiger partial charge in [0.1, 0.15) is 0 Å². The fourth-order valence-corrected chi connectivity index (χ4v) is 13.4. The molecule has 0 amide bonds. The number of carboxylic acids is 2. The number of thiol groups is 2. The van der Waals surface area contributed by atoms with Crippen molar-refractivity contribution in [1.82, 2.24) is 0 Å². The molecule has 0 unspecified atom stereocenters. The van der Waals surface area contributed by atoms with Crippen molar-refractivity contribution < 1.29 is 19.8 Å². The molecule has 0 aromatic heterocycles. The van der Waals surface area contributed by atoms with Crippen molar-refractivity contribution in [2.45, 2.75) is 186 Å². The first-order chi connectivity index (χ1) is 20.7. The molecule has 4 aliphatic rings. The monoisotopic (exact) mass is 744 g/mol. The number of unbranched alkanes of at least 4 members (excludes halogenated alkanes) is 2. The Morgan fingerprint density at radius 2 is 0.767 bits per heavy atom. The number of carbonyl (C=O) groups is 2. The quantitative estimate of drug-likeness (QED) is 0.120. The van der Waals surface area contributed by atoms with Crippen LogP contribution in [0.25, 0.3) is 0 Å². The molecule has 0 aliphatic heterocycles. The topological polar surface area (TPSA) is 80.3 Å². The molecule has 4 nitrogen and oxygen atoms in total. The second-order valence-corrected chi connectivity index (χ2v) is 19.8. The molecule has 0 radical (unpaired) electrons. The smallest absolute Gasteiger partial charge is 0.0579 e. The molecule has 4 saturated carbocycles. The van der Waals surface area contributed by atoms with Crippen molar-refractivity contribution in [3.05, 3.63) is 0 Å². The molecule has 0 aromatic carbocycles. The molecule has 7 heteroatoms. The van der Waals surface area contributed by atoms with Crippen LogP contribution in [-0.4, -0.2) is 42.6 Å². The van der Waals surface area contributed by atoms with Crippen LogP contribution in [0, 0.1) is 23.7 Å². The standard InChI is InChI=1S/2C14H24O2S.2C4H9.Sn/c2*15-13(16)14(17,11-7-3-1-4-8-11)12-9-5-2-6-10-12;2*1-3-4-2;/h2*11-12,17H,1-10H2,(H,15,16);2*1,3-4H2,2H3;/q;;;;+2/p-2. The first-order valence-corrected chi connectivity index (χ1v) is 23.2. The zero-order chi connectivity index (χ0) is 31.6. The molecule has 248 valence electrons. The molecule has 4 aliphatic carbocycles. The van der Waals surface area contributed by atoms with E-state index in [4.69, 9.17) is 0 Å². The number of rotatable bonds is 12. The van der Waals surface area contributed by atoms with Gasteiger partial charge in [-0.2, -0.15) is 25.3 Å². The minimum absolute atomic E-state index is 0.149. The van der Waals surface area contributed by atoms with Crippen LogP contribution >= 0.6 is 25.3 Å². The Bertz CT molecular complexity index is 656. The van der Waals surface area contributed by atoms with Gasteiger partial charge in [0.15, 0.2) is 0 Å². The third-order valence-corrected chi connectivity index (χ3v) is 16.8. The van der Waals surface area contributed by atoms with Crippen LogP contribution in [0.5, 0.6) is 0 Å². The Labute approximate surface area is 286 Å². The van der Waals surface area contributed by atoms with Crippen molar-refractivity contribution in [1.29, 1.82) is 0 Å². The summed E-state index contributed by atoms with van der Waals surface area (Å²) in [6, 6.07) is 0. The van der Waals surface area contributed by atoms with E-state index < -0.39 is 21.4 Å². The maximum Gasteiger partial charge on any atom is 0.0579 e. The molecule has 0 atom stereocenters. The fourth-order valence-electron chi connectivity index (χ4n) is 8.23. The summed E-state index contributed by atoms with van der Waals surface area (Å²) in [7, 11) is 0. The summed E-state index contributed by atoms with van der Waals surface area (Å²) >= 11 is 9.42. The second kappa shape index (κ2) is 22.1. The van der Waals surface area contributed by atoms with Gasteiger partial charge in [0, 0.05) is 0 Å². The van der Waals surface area contributed by atoms with Gasteiger partial charge in [0.05, 0.1) is 21.4 Å². The summed E-state index contributed by atoms with van der Waals surface area (Å²) in [6.45, 7) is 4.58. The van der Waals surface area contributed by atoms with E-state index in [1.807, 2.05) is 0 Å². The zero-order valence-electron chi connectivity index (χ0n) is 27.7. The Morgan fingerprint density at radius 3 is 0.953 bits per heavy atom. The van der Waals surface area contributed by atoms with Crippen LogP contribution in [-0.2, 0) is 9.59 Å². The summed E-state index contributed by atoms with van der Waals surface area (Å²) in [5, 5.41) is 23.3. The molecule has 0 heterocycles. The number of carboxylic acid groups (broad SMARTS) is 2. The average molecular weight is 744 g/mol. The Balaban J connectivity index is 0.000000238. The van der Waals surface area contributed by atoms with Gasteiger partial charge < -0.3 is 19.8 Å². The SMILES string of the molecule is CCC[CH2][Sn+2][CH2]CCC.O=C([O-])C(S)(C1CCCCC1)C1CCCCC1.O=C([O-])C(S)(C1CCCCC1)C1CCCCC1. The minimum Gasteiger partial charge on any atom is -0.549 e. The van der Waals surface area contributed by atoms with Crippen LogP contribution in [0.1, 0.15) is 168 Å². The third kappa shape index (κ3) is 12.5. The van der Waals surface area contributed by atoms with Crippen LogP contribution in [0.4, 0.5) is 0 Å². The zero-order valence-corrected chi connectivity index (χ0v) is 32.4. The predicted octanol–water partition coefficient (Wildman–Crippen LogP) is 8.26. The van der Waals surface area contributed by atoms with Gasteiger partial charge >= 0.3 is 69.5 Å². The van der Waals surface area contributed by atoms with E-state index >= 15 is 0 Å². The summed E-state index contributed by atoms with van der Waals surface area (Å²) in [5.74, 6) is -0.917. The molecule has 0 N–H and O–H groups in total. The number of carbonyl (C=O) groups excluding carboxylic acids is 2. The molecular formula is C36H64O4S2Sn. The average Bonchev–Trinajstić information content (AvgIpc) is 3.06. The Hall–Kier alpha value is 0.439. The molecule has 0 bridgehead atoms. The van der Waals surface area contributed by atoms with Crippen molar-refractivity contribution >= 4 is 58.3 Å². The van der Waals surface area contributed by atoms with Crippen molar-refractivity contribution in [2.75, 3.05) is 0 Å². The number of aliphatic carboxylic acids is 2. The largest absolute Gasteiger partial charge is 0.549 e. The summed E-state index contributed by atoms with van der Waals surface area (Å²) in [6.07, 6.45) is 28.3. The number of hydrogen-bond acceptors (Lipinski definition) is 6. The molecule has 43 heavy (non-hydrogen) atoms. The summed E-state index contributed by atoms with van der Waals surface area (Å²) in [5.41, 5.74) is 0. The van der Waals surface area contributed by atoms with E-state index in [0.717, 1.165) is 103 Å². The Kier molecular flexibility index (Phi) is 20.4. The molecule has 0 saturated heterocycles. The maximum absolute atomic E-state index is 11.6. The summed E-state index contributed by atoms with van der Waals surface area (Å²) in [4.78, 5) is 23.3. The van der Waals surface area contributed by atoms with E-state index in [9.17, 15) is 19.8 Å². The van der Waals surface area contributed by atoms with Crippen molar-refractivity contribution in [3.63, 3.8) is 0 Å². The van der Waals surface area contributed by atoms with E-state index in [0.29, 0.717) is 0 Å². The van der Waals surface area contributed by atoms with Gasteiger partial charge in [-0.05, 0) is 75.0 Å². The van der Waals surface area contributed by atoms with Gasteiger partial charge in [-0.3, -0.25) is 0 Å². The first kappa shape index (κ1) is 39.6. The summed E-state index contributed by atoms with van der Waals surface area (Å²) < 4.78 is 1.53. The van der Waals surface area contributed by atoms with E-state index in [1.54, 1.807) is 8.87 Å². The fraction of sp³-hybridized carbons (Fsp3) is 0.944. The second-order valence-electron chi connectivity index (χ2n) is 14.0. The van der Waals surface area contributed by atoms with Crippen LogP contribution in [0.15, 0.2) is 0 Å². The van der Waals surface area contributed by atoms with E-state index in [2.05, 4.69) is 39.1 Å². The van der Waals surface area contributed by atoms with Gasteiger partial charge in [-0.1, -0.05) is 77.0 Å². The van der Waals surface area contributed by atoms with Gasteiger partial charge in [0.25, 0.3) is 0 Å². The van der Waals surface area contributed by atoms with Gasteiger partial charge in [0.2, 0.25) is 0 Å². The van der Waals surface area contributed by atoms with Crippen molar-refractivity contribution in [2.24, 2.45) is 23.7 Å². The normalized spacial score (nSPS) is 21.5. The number of hydrogen-bond donors (Lipinski definition) is 2. The van der Waals surface area contributed by atoms with E-state index in [1.165, 1.54) is 51.4 Å².